The second-order valence-electron chi connectivity index (χ2n) is 5.69. The maximum absolute atomic E-state index is 12.8. The van der Waals surface area contributed by atoms with Crippen LogP contribution >= 0.6 is 35.0 Å². The van der Waals surface area contributed by atoms with Crippen LogP contribution in [0.1, 0.15) is 12.0 Å². The summed E-state index contributed by atoms with van der Waals surface area (Å²) in [5, 5.41) is 4.88. The molecule has 3 rings (SSSR count). The lowest BCUT2D eigenvalue weighted by molar-refractivity contribution is -0.137. The zero-order valence-corrected chi connectivity index (χ0v) is 15.7. The number of amides is 2. The quantitative estimate of drug-likeness (QED) is 0.674. The molecule has 27 heavy (non-hydrogen) atoms. The largest absolute Gasteiger partial charge is 0.416 e. The van der Waals surface area contributed by atoms with Crippen molar-refractivity contribution < 1.29 is 22.8 Å². The third-order valence-corrected chi connectivity index (χ3v) is 5.71. The van der Waals surface area contributed by atoms with Crippen molar-refractivity contribution in [2.24, 2.45) is 0 Å². The maximum Gasteiger partial charge on any atom is 0.416 e. The summed E-state index contributed by atoms with van der Waals surface area (Å²) in [5.41, 5.74) is -0.343. The molecule has 10 heteroatoms. The molecule has 2 aromatic rings. The van der Waals surface area contributed by atoms with Gasteiger partial charge in [0.15, 0.2) is 0 Å². The van der Waals surface area contributed by atoms with Crippen LogP contribution < -0.4 is 10.6 Å². The molecule has 1 atom stereocenters. The number of hydrogen-bond acceptors (Lipinski definition) is 3. The van der Waals surface area contributed by atoms with E-state index in [4.69, 9.17) is 23.2 Å². The Balaban J connectivity index is 1.69. The van der Waals surface area contributed by atoms with E-state index in [-0.39, 0.29) is 17.1 Å². The zero-order valence-electron chi connectivity index (χ0n) is 13.4. The Hall–Kier alpha value is -1.90. The molecule has 0 unspecified atom stereocenters. The van der Waals surface area contributed by atoms with Gasteiger partial charge in [0.05, 0.1) is 26.5 Å². The van der Waals surface area contributed by atoms with Gasteiger partial charge in [0.1, 0.15) is 0 Å². The van der Waals surface area contributed by atoms with Gasteiger partial charge in [-0.1, -0.05) is 23.2 Å². The van der Waals surface area contributed by atoms with Crippen molar-refractivity contribution in [2.75, 3.05) is 10.6 Å². The normalized spacial score (nSPS) is 16.5. The molecule has 0 radical (unpaired) electrons. The average Bonchev–Trinajstić information content (AvgIpc) is 2.57. The van der Waals surface area contributed by atoms with Crippen LogP contribution in [0.5, 0.6) is 0 Å². The van der Waals surface area contributed by atoms with E-state index in [0.29, 0.717) is 15.6 Å². The third-order valence-electron chi connectivity index (χ3n) is 3.70. The first-order chi connectivity index (χ1) is 12.6. The Morgan fingerprint density at radius 2 is 1.89 bits per heavy atom. The molecule has 1 heterocycles. The average molecular weight is 435 g/mol. The van der Waals surface area contributed by atoms with Crippen LogP contribution in [0.4, 0.5) is 24.5 Å². The summed E-state index contributed by atoms with van der Waals surface area (Å²) in [6, 6.07) is 7.67. The lowest BCUT2D eigenvalue weighted by atomic mass is 10.1. The summed E-state index contributed by atoms with van der Waals surface area (Å²) in [5.74, 6) is -0.965. The van der Waals surface area contributed by atoms with Gasteiger partial charge in [-0.2, -0.15) is 13.2 Å². The van der Waals surface area contributed by atoms with Crippen molar-refractivity contribution in [3.63, 3.8) is 0 Å². The predicted octanol–water partition coefficient (Wildman–Crippen LogP) is 5.45. The summed E-state index contributed by atoms with van der Waals surface area (Å²) in [6.07, 6.45) is -4.65. The summed E-state index contributed by atoms with van der Waals surface area (Å²) >= 11 is 12.7. The van der Waals surface area contributed by atoms with E-state index in [0.717, 1.165) is 23.9 Å². The molecule has 0 aromatic heterocycles. The topological polar surface area (TPSA) is 58.2 Å². The highest BCUT2D eigenvalue weighted by Crippen LogP contribution is 2.40. The molecule has 2 aromatic carbocycles. The maximum atomic E-state index is 12.8. The number of hydrogen-bond donors (Lipinski definition) is 2. The van der Waals surface area contributed by atoms with Crippen LogP contribution in [0.3, 0.4) is 0 Å². The highest BCUT2D eigenvalue weighted by molar-refractivity contribution is 8.01. The van der Waals surface area contributed by atoms with Gasteiger partial charge in [-0.25, -0.2) is 0 Å². The van der Waals surface area contributed by atoms with Crippen LogP contribution in [-0.4, -0.2) is 17.1 Å². The molecule has 1 aliphatic heterocycles. The van der Waals surface area contributed by atoms with Crippen molar-refractivity contribution in [1.29, 1.82) is 0 Å². The number of anilines is 2. The Kier molecular flexibility index (Phi) is 5.60. The van der Waals surface area contributed by atoms with Gasteiger partial charge < -0.3 is 10.6 Å². The first-order valence-corrected chi connectivity index (χ1v) is 9.21. The molecular weight excluding hydrogens is 424 g/mol. The second kappa shape index (κ2) is 7.61. The minimum Gasteiger partial charge on any atom is -0.326 e. The van der Waals surface area contributed by atoms with E-state index >= 15 is 0 Å². The molecule has 0 aliphatic carbocycles. The number of nitrogens with one attached hydrogen (secondary N) is 2. The standard InChI is InChI=1S/C17H11Cl2F3N2O2S/c18-10-3-2-9(6-11(10)19)23-15(25)7-14-16(26)24-12-5-8(17(20,21)22)1-4-13(12)27-14/h1-6,14H,7H2,(H,23,25)(H,24,26)/t14-/m0/s1. The number of halogens is 5. The van der Waals surface area contributed by atoms with Crippen LogP contribution in [0.2, 0.25) is 10.0 Å². The SMILES string of the molecule is O=C(C[C@@H]1Sc2ccc(C(F)(F)F)cc2NC1=O)Nc1ccc(Cl)c(Cl)c1. The Morgan fingerprint density at radius 3 is 2.56 bits per heavy atom. The first-order valence-electron chi connectivity index (χ1n) is 7.57. The van der Waals surface area contributed by atoms with E-state index in [1.807, 2.05) is 0 Å². The van der Waals surface area contributed by atoms with Gasteiger partial charge in [-0.15, -0.1) is 11.8 Å². The van der Waals surface area contributed by atoms with Gasteiger partial charge in [0.25, 0.3) is 0 Å². The first kappa shape index (κ1) is 19.9. The van der Waals surface area contributed by atoms with Crippen LogP contribution in [0, 0.1) is 0 Å². The fourth-order valence-corrected chi connectivity index (χ4v) is 3.80. The molecule has 1 aliphatic rings. The van der Waals surface area contributed by atoms with Crippen molar-refractivity contribution >= 4 is 58.2 Å². The predicted molar refractivity (Wildman–Crippen MR) is 99.4 cm³/mol. The van der Waals surface area contributed by atoms with Crippen LogP contribution in [0.15, 0.2) is 41.3 Å². The summed E-state index contributed by atoms with van der Waals surface area (Å²) in [7, 11) is 0. The summed E-state index contributed by atoms with van der Waals surface area (Å²) in [4.78, 5) is 24.8. The van der Waals surface area contributed by atoms with E-state index in [1.54, 1.807) is 6.07 Å². The number of fused-ring (bicyclic) bond motifs is 1. The van der Waals surface area contributed by atoms with Gasteiger partial charge in [-0.3, -0.25) is 9.59 Å². The summed E-state index contributed by atoms with van der Waals surface area (Å²) < 4.78 is 38.3. The third kappa shape index (κ3) is 4.69. The van der Waals surface area contributed by atoms with Gasteiger partial charge >= 0.3 is 6.18 Å². The number of alkyl halides is 3. The molecule has 0 spiro atoms. The molecule has 0 fully saturated rings. The molecule has 2 amide bonds. The van der Waals surface area contributed by atoms with E-state index < -0.39 is 28.8 Å². The minimum absolute atomic E-state index is 0.0842. The Morgan fingerprint density at radius 1 is 1.15 bits per heavy atom. The van der Waals surface area contributed by atoms with E-state index in [2.05, 4.69) is 10.6 Å². The van der Waals surface area contributed by atoms with E-state index in [1.165, 1.54) is 18.2 Å². The number of rotatable bonds is 3. The Labute approximate surface area is 166 Å². The molecule has 0 saturated heterocycles. The van der Waals surface area contributed by atoms with Crippen molar-refractivity contribution in [3.8, 4) is 0 Å². The highest BCUT2D eigenvalue weighted by atomic mass is 35.5. The van der Waals surface area contributed by atoms with Crippen molar-refractivity contribution in [3.05, 3.63) is 52.0 Å². The second-order valence-corrected chi connectivity index (χ2v) is 7.74. The van der Waals surface area contributed by atoms with E-state index in [9.17, 15) is 22.8 Å². The fraction of sp³-hybridized carbons (Fsp3) is 0.176. The number of carbonyl (C=O) groups is 2. The molecule has 142 valence electrons. The van der Waals surface area contributed by atoms with Gasteiger partial charge in [0.2, 0.25) is 11.8 Å². The number of carbonyl (C=O) groups excluding carboxylic acids is 2. The van der Waals surface area contributed by atoms with Gasteiger partial charge in [0, 0.05) is 17.0 Å². The zero-order chi connectivity index (χ0) is 19.8. The van der Waals surface area contributed by atoms with Gasteiger partial charge in [-0.05, 0) is 36.4 Å². The molecular formula is C17H11Cl2F3N2O2S. The monoisotopic (exact) mass is 434 g/mol. The fourth-order valence-electron chi connectivity index (χ4n) is 2.42. The minimum atomic E-state index is -4.50. The lowest BCUT2D eigenvalue weighted by Gasteiger charge is -2.24. The van der Waals surface area contributed by atoms with Crippen molar-refractivity contribution in [1.82, 2.24) is 0 Å². The molecule has 0 bridgehead atoms. The van der Waals surface area contributed by atoms with Crippen LogP contribution in [0.25, 0.3) is 0 Å². The van der Waals surface area contributed by atoms with Crippen LogP contribution in [-0.2, 0) is 15.8 Å². The number of thioether (sulfide) groups is 1. The highest BCUT2D eigenvalue weighted by Gasteiger charge is 2.34. The molecule has 2 N–H and O–H groups in total. The van der Waals surface area contributed by atoms with Crippen molar-refractivity contribution in [2.45, 2.75) is 22.7 Å². The number of benzene rings is 2. The smallest absolute Gasteiger partial charge is 0.326 e. The molecule has 0 saturated carbocycles. The molecule has 4 nitrogen and oxygen atoms in total. The Bertz CT molecular complexity index is 922. The lowest BCUT2D eigenvalue weighted by Crippen LogP contribution is -2.32. The summed E-state index contributed by atoms with van der Waals surface area (Å²) in [6.45, 7) is 0.